The summed E-state index contributed by atoms with van der Waals surface area (Å²) < 4.78 is 1.42. The second kappa shape index (κ2) is 8.16. The predicted octanol–water partition coefficient (Wildman–Crippen LogP) is 4.75. The van der Waals surface area contributed by atoms with Crippen LogP contribution in [0.5, 0.6) is 0 Å². The van der Waals surface area contributed by atoms with Crippen LogP contribution in [0.15, 0.2) is 63.0 Å². The van der Waals surface area contributed by atoms with E-state index in [4.69, 9.17) is 12.2 Å². The van der Waals surface area contributed by atoms with E-state index >= 15 is 0 Å². The van der Waals surface area contributed by atoms with Crippen LogP contribution in [0, 0.1) is 0 Å². The Bertz CT molecular complexity index is 890. The van der Waals surface area contributed by atoms with Gasteiger partial charge in [0.1, 0.15) is 0 Å². The quantitative estimate of drug-likeness (QED) is 0.386. The number of amides is 1. The molecule has 0 atom stereocenters. The van der Waals surface area contributed by atoms with Crippen molar-refractivity contribution in [1.82, 2.24) is 5.01 Å². The van der Waals surface area contributed by atoms with Gasteiger partial charge >= 0.3 is 0 Å². The van der Waals surface area contributed by atoms with Crippen LogP contribution in [-0.4, -0.2) is 35.5 Å². The Morgan fingerprint density at radius 1 is 1.08 bits per heavy atom. The van der Waals surface area contributed by atoms with Crippen molar-refractivity contribution in [1.29, 1.82) is 0 Å². The van der Waals surface area contributed by atoms with Gasteiger partial charge in [0.25, 0.3) is 5.91 Å². The van der Waals surface area contributed by atoms with Crippen LogP contribution in [0.3, 0.4) is 0 Å². The molecule has 0 unspecified atom stereocenters. The lowest BCUT2D eigenvalue weighted by Crippen LogP contribution is -2.22. The maximum Gasteiger partial charge on any atom is 0.286 e. The molecule has 0 bridgehead atoms. The summed E-state index contributed by atoms with van der Waals surface area (Å²) in [4.78, 5) is 15.2. The molecule has 132 valence electrons. The molecule has 0 spiro atoms. The molecule has 1 aliphatic heterocycles. The molecule has 2 aromatic rings. The molecule has 1 heterocycles. The molecule has 4 nitrogen and oxygen atoms in total. The third-order valence-electron chi connectivity index (χ3n) is 3.67. The average molecular weight is 446 g/mol. The minimum Gasteiger partial charge on any atom is -0.378 e. The van der Waals surface area contributed by atoms with Gasteiger partial charge in [-0.05, 0) is 53.7 Å². The highest BCUT2D eigenvalue weighted by Crippen LogP contribution is 2.33. The molecule has 1 fully saturated rings. The van der Waals surface area contributed by atoms with Crippen LogP contribution in [0.1, 0.15) is 11.1 Å². The molecule has 0 aliphatic carbocycles. The standard InChI is InChI=1S/C19H16BrN3OS2/c1-22(2)16-9-5-13(6-10-16)11-17-18(24)23(19(25)26-17)21-12-14-3-7-15(20)8-4-14/h3-12H,1-2H3/b17-11+,21-12+. The van der Waals surface area contributed by atoms with Crippen LogP contribution < -0.4 is 4.90 Å². The number of hydrazone groups is 1. The van der Waals surface area contributed by atoms with E-state index in [1.165, 1.54) is 16.8 Å². The lowest BCUT2D eigenvalue weighted by Gasteiger charge is -2.11. The summed E-state index contributed by atoms with van der Waals surface area (Å²) in [6.45, 7) is 0. The number of carbonyl (C=O) groups excluding carboxylic acids is 1. The van der Waals surface area contributed by atoms with Crippen LogP contribution >= 0.6 is 39.9 Å². The van der Waals surface area contributed by atoms with Crippen molar-refractivity contribution >= 4 is 68.1 Å². The monoisotopic (exact) mass is 445 g/mol. The number of rotatable bonds is 4. The normalized spacial score (nSPS) is 16.1. The van der Waals surface area contributed by atoms with Gasteiger partial charge < -0.3 is 4.90 Å². The molecule has 0 N–H and O–H groups in total. The van der Waals surface area contributed by atoms with Crippen LogP contribution in [0.25, 0.3) is 6.08 Å². The third-order valence-corrected chi connectivity index (χ3v) is 5.48. The minimum absolute atomic E-state index is 0.204. The fourth-order valence-corrected chi connectivity index (χ4v) is 3.69. The van der Waals surface area contributed by atoms with Gasteiger partial charge in [-0.15, -0.1) is 0 Å². The fraction of sp³-hybridized carbons (Fsp3) is 0.105. The highest BCUT2D eigenvalue weighted by Gasteiger charge is 2.31. The highest BCUT2D eigenvalue weighted by molar-refractivity contribution is 9.10. The first-order valence-corrected chi connectivity index (χ1v) is 9.81. The molecule has 0 radical (unpaired) electrons. The van der Waals surface area contributed by atoms with Gasteiger partial charge in [-0.25, -0.2) is 0 Å². The smallest absolute Gasteiger partial charge is 0.286 e. The second-order valence-electron chi connectivity index (χ2n) is 5.78. The molecule has 0 aromatic heterocycles. The van der Waals surface area contributed by atoms with E-state index in [0.29, 0.717) is 9.23 Å². The molecule has 1 saturated heterocycles. The summed E-state index contributed by atoms with van der Waals surface area (Å²) in [5.74, 6) is -0.204. The molecule has 0 saturated carbocycles. The zero-order valence-corrected chi connectivity index (χ0v) is 17.4. The molecular weight excluding hydrogens is 430 g/mol. The van der Waals surface area contributed by atoms with E-state index in [-0.39, 0.29) is 5.91 Å². The molecule has 1 aliphatic rings. The predicted molar refractivity (Wildman–Crippen MR) is 118 cm³/mol. The average Bonchev–Trinajstić information content (AvgIpc) is 2.88. The summed E-state index contributed by atoms with van der Waals surface area (Å²) in [7, 11) is 3.98. The van der Waals surface area contributed by atoms with Crippen molar-refractivity contribution in [3.63, 3.8) is 0 Å². The van der Waals surface area contributed by atoms with Gasteiger partial charge in [0.15, 0.2) is 4.32 Å². The first kappa shape index (κ1) is 18.8. The maximum absolute atomic E-state index is 12.6. The van der Waals surface area contributed by atoms with Crippen molar-refractivity contribution in [3.05, 3.63) is 69.0 Å². The lowest BCUT2D eigenvalue weighted by molar-refractivity contribution is -0.122. The van der Waals surface area contributed by atoms with Gasteiger partial charge in [-0.1, -0.05) is 52.0 Å². The molecule has 2 aromatic carbocycles. The van der Waals surface area contributed by atoms with Crippen LogP contribution in [0.2, 0.25) is 0 Å². The topological polar surface area (TPSA) is 35.9 Å². The van der Waals surface area contributed by atoms with Gasteiger partial charge in [-0.2, -0.15) is 10.1 Å². The van der Waals surface area contributed by atoms with E-state index in [1.54, 1.807) is 6.21 Å². The number of hydrogen-bond acceptors (Lipinski definition) is 5. The van der Waals surface area contributed by atoms with Crippen molar-refractivity contribution in [2.24, 2.45) is 5.10 Å². The van der Waals surface area contributed by atoms with Crippen molar-refractivity contribution in [2.45, 2.75) is 0 Å². The number of thioether (sulfide) groups is 1. The number of hydrogen-bond donors (Lipinski definition) is 0. The summed E-state index contributed by atoms with van der Waals surface area (Å²) in [5.41, 5.74) is 2.95. The zero-order chi connectivity index (χ0) is 18.7. The maximum atomic E-state index is 12.6. The van der Waals surface area contributed by atoms with E-state index in [9.17, 15) is 4.79 Å². The van der Waals surface area contributed by atoms with Crippen LogP contribution in [0.4, 0.5) is 5.69 Å². The molecule has 7 heteroatoms. The van der Waals surface area contributed by atoms with Gasteiger partial charge in [0.2, 0.25) is 0 Å². The largest absolute Gasteiger partial charge is 0.378 e. The van der Waals surface area contributed by atoms with E-state index in [1.807, 2.05) is 73.6 Å². The Hall–Kier alpha value is -1.96. The molecule has 26 heavy (non-hydrogen) atoms. The number of nitrogens with zero attached hydrogens (tertiary/aromatic N) is 3. The Morgan fingerprint density at radius 3 is 2.31 bits per heavy atom. The Balaban J connectivity index is 1.76. The fourth-order valence-electron chi connectivity index (χ4n) is 2.25. The van der Waals surface area contributed by atoms with Crippen molar-refractivity contribution < 1.29 is 4.79 Å². The molecule has 1 amide bonds. The highest BCUT2D eigenvalue weighted by atomic mass is 79.9. The SMILES string of the molecule is CN(C)c1ccc(/C=C2/SC(=S)N(/N=C/c3ccc(Br)cc3)C2=O)cc1. The third kappa shape index (κ3) is 4.41. The summed E-state index contributed by atoms with van der Waals surface area (Å²) in [6, 6.07) is 15.6. The first-order valence-electron chi connectivity index (χ1n) is 7.79. The van der Waals surface area contributed by atoms with E-state index in [2.05, 4.69) is 21.0 Å². The first-order chi connectivity index (χ1) is 12.4. The Labute approximate surface area is 170 Å². The zero-order valence-electron chi connectivity index (χ0n) is 14.2. The molecule has 3 rings (SSSR count). The number of carbonyl (C=O) groups is 1. The number of halogens is 1. The summed E-state index contributed by atoms with van der Waals surface area (Å²) >= 11 is 9.95. The minimum atomic E-state index is -0.204. The lowest BCUT2D eigenvalue weighted by atomic mass is 10.2. The van der Waals surface area contributed by atoms with E-state index < -0.39 is 0 Å². The summed E-state index contributed by atoms with van der Waals surface area (Å²) in [5, 5.41) is 5.51. The van der Waals surface area contributed by atoms with Gasteiger partial charge in [0, 0.05) is 24.3 Å². The Morgan fingerprint density at radius 2 is 1.69 bits per heavy atom. The van der Waals surface area contributed by atoms with Crippen molar-refractivity contribution in [3.8, 4) is 0 Å². The van der Waals surface area contributed by atoms with Crippen molar-refractivity contribution in [2.75, 3.05) is 19.0 Å². The van der Waals surface area contributed by atoms with Gasteiger partial charge in [-0.3, -0.25) is 4.79 Å². The number of anilines is 1. The second-order valence-corrected chi connectivity index (χ2v) is 8.37. The molecular formula is C19H16BrN3OS2. The van der Waals surface area contributed by atoms with Gasteiger partial charge in [0.05, 0.1) is 11.1 Å². The van der Waals surface area contributed by atoms with Crippen LogP contribution in [-0.2, 0) is 4.79 Å². The Kier molecular flexibility index (Phi) is 5.90. The number of benzene rings is 2. The summed E-state index contributed by atoms with van der Waals surface area (Å²) in [6.07, 6.45) is 3.47. The van der Waals surface area contributed by atoms with E-state index in [0.717, 1.165) is 21.3 Å². The number of thiocarbonyl (C=S) groups is 1.